The summed E-state index contributed by atoms with van der Waals surface area (Å²) in [5.41, 5.74) is 1.50. The smallest absolute Gasteiger partial charge is 0.252 e. The molecule has 0 bridgehead atoms. The van der Waals surface area contributed by atoms with Crippen LogP contribution in [0.4, 0.5) is 0 Å². The standard InChI is InChI=1S/C14H10Cl2INO/c15-10-6-5-9(12(16)7-10)8-18-14(19)11-3-1-2-4-13(11)17/h1-7H,8H2,(H,18,19). The van der Waals surface area contributed by atoms with Gasteiger partial charge in [0.15, 0.2) is 0 Å². The van der Waals surface area contributed by atoms with E-state index in [0.29, 0.717) is 22.2 Å². The van der Waals surface area contributed by atoms with Crippen LogP contribution in [0.2, 0.25) is 10.0 Å². The van der Waals surface area contributed by atoms with Crippen molar-refractivity contribution in [3.05, 3.63) is 67.2 Å². The van der Waals surface area contributed by atoms with Gasteiger partial charge in [-0.1, -0.05) is 41.4 Å². The highest BCUT2D eigenvalue weighted by atomic mass is 127. The Morgan fingerprint density at radius 3 is 2.58 bits per heavy atom. The summed E-state index contributed by atoms with van der Waals surface area (Å²) in [5, 5.41) is 3.98. The van der Waals surface area contributed by atoms with E-state index >= 15 is 0 Å². The van der Waals surface area contributed by atoms with Crippen molar-refractivity contribution in [3.8, 4) is 0 Å². The molecule has 1 amide bonds. The van der Waals surface area contributed by atoms with Gasteiger partial charge in [-0.05, 0) is 52.4 Å². The maximum atomic E-state index is 12.0. The normalized spacial score (nSPS) is 10.3. The maximum absolute atomic E-state index is 12.0. The fourth-order valence-electron chi connectivity index (χ4n) is 1.58. The fraction of sp³-hybridized carbons (Fsp3) is 0.0714. The molecule has 2 aromatic carbocycles. The van der Waals surface area contributed by atoms with E-state index in [1.165, 1.54) is 0 Å². The average molecular weight is 406 g/mol. The van der Waals surface area contributed by atoms with Crippen molar-refractivity contribution in [3.63, 3.8) is 0 Å². The van der Waals surface area contributed by atoms with E-state index in [2.05, 4.69) is 27.9 Å². The summed E-state index contributed by atoms with van der Waals surface area (Å²) in [6.45, 7) is 0.375. The summed E-state index contributed by atoms with van der Waals surface area (Å²) >= 11 is 14.0. The van der Waals surface area contributed by atoms with Crippen LogP contribution in [0.1, 0.15) is 15.9 Å². The molecule has 2 rings (SSSR count). The van der Waals surface area contributed by atoms with Crippen LogP contribution in [0.3, 0.4) is 0 Å². The van der Waals surface area contributed by atoms with Crippen molar-refractivity contribution in [2.24, 2.45) is 0 Å². The van der Waals surface area contributed by atoms with Gasteiger partial charge >= 0.3 is 0 Å². The first kappa shape index (κ1) is 14.6. The van der Waals surface area contributed by atoms with Crippen molar-refractivity contribution < 1.29 is 4.79 Å². The van der Waals surface area contributed by atoms with E-state index in [1.807, 2.05) is 18.2 Å². The lowest BCUT2D eigenvalue weighted by molar-refractivity contribution is 0.0950. The Morgan fingerprint density at radius 2 is 1.89 bits per heavy atom. The number of benzene rings is 2. The highest BCUT2D eigenvalue weighted by Gasteiger charge is 2.09. The molecule has 0 saturated heterocycles. The molecule has 2 aromatic rings. The number of hydrogen-bond acceptors (Lipinski definition) is 1. The van der Waals surface area contributed by atoms with Crippen molar-refractivity contribution in [1.82, 2.24) is 5.32 Å². The van der Waals surface area contributed by atoms with Crippen LogP contribution in [0, 0.1) is 3.57 Å². The van der Waals surface area contributed by atoms with Crippen LogP contribution < -0.4 is 5.32 Å². The summed E-state index contributed by atoms with van der Waals surface area (Å²) in [6, 6.07) is 12.6. The summed E-state index contributed by atoms with van der Waals surface area (Å²) in [6.07, 6.45) is 0. The molecule has 0 saturated carbocycles. The molecule has 2 nitrogen and oxygen atoms in total. The van der Waals surface area contributed by atoms with Gasteiger partial charge in [-0.2, -0.15) is 0 Å². The third kappa shape index (κ3) is 3.84. The van der Waals surface area contributed by atoms with E-state index in [9.17, 15) is 4.79 Å². The maximum Gasteiger partial charge on any atom is 0.252 e. The number of carbonyl (C=O) groups excluding carboxylic acids is 1. The quantitative estimate of drug-likeness (QED) is 0.747. The SMILES string of the molecule is O=C(NCc1ccc(Cl)cc1Cl)c1ccccc1I. The van der Waals surface area contributed by atoms with Gasteiger partial charge in [-0.3, -0.25) is 4.79 Å². The second-order valence-corrected chi connectivity index (χ2v) is 5.90. The summed E-state index contributed by atoms with van der Waals surface area (Å²) < 4.78 is 0.916. The van der Waals surface area contributed by atoms with Gasteiger partial charge < -0.3 is 5.32 Å². The van der Waals surface area contributed by atoms with Crippen molar-refractivity contribution in [2.45, 2.75) is 6.54 Å². The highest BCUT2D eigenvalue weighted by molar-refractivity contribution is 14.1. The molecule has 0 aliphatic rings. The predicted molar refractivity (Wildman–Crippen MR) is 86.8 cm³/mol. The number of rotatable bonds is 3. The molecule has 5 heteroatoms. The molecular weight excluding hydrogens is 396 g/mol. The van der Waals surface area contributed by atoms with Crippen LogP contribution in [0.5, 0.6) is 0 Å². The number of halogens is 3. The zero-order valence-corrected chi connectivity index (χ0v) is 13.5. The zero-order chi connectivity index (χ0) is 13.8. The van der Waals surface area contributed by atoms with E-state index in [-0.39, 0.29) is 5.91 Å². The average Bonchev–Trinajstić information content (AvgIpc) is 2.38. The summed E-state index contributed by atoms with van der Waals surface area (Å²) in [7, 11) is 0. The van der Waals surface area contributed by atoms with Crippen LogP contribution in [-0.2, 0) is 6.54 Å². The van der Waals surface area contributed by atoms with Gasteiger partial charge in [0.2, 0.25) is 0 Å². The lowest BCUT2D eigenvalue weighted by Gasteiger charge is -2.08. The second kappa shape index (κ2) is 6.59. The van der Waals surface area contributed by atoms with Gasteiger partial charge in [0.05, 0.1) is 5.56 Å². The molecule has 0 aliphatic heterocycles. The molecule has 0 aromatic heterocycles. The Kier molecular flexibility index (Phi) is 5.07. The van der Waals surface area contributed by atoms with Crippen LogP contribution in [-0.4, -0.2) is 5.91 Å². The Bertz CT molecular complexity index is 616. The molecule has 0 unspecified atom stereocenters. The van der Waals surface area contributed by atoms with Crippen LogP contribution in [0.25, 0.3) is 0 Å². The minimum Gasteiger partial charge on any atom is -0.348 e. The van der Waals surface area contributed by atoms with E-state index < -0.39 is 0 Å². The van der Waals surface area contributed by atoms with Gasteiger partial charge in [0, 0.05) is 20.2 Å². The van der Waals surface area contributed by atoms with Gasteiger partial charge in [0.1, 0.15) is 0 Å². The molecule has 0 atom stereocenters. The van der Waals surface area contributed by atoms with E-state index in [4.69, 9.17) is 23.2 Å². The largest absolute Gasteiger partial charge is 0.348 e. The fourth-order valence-corrected chi connectivity index (χ4v) is 2.69. The van der Waals surface area contributed by atoms with Crippen molar-refractivity contribution in [1.29, 1.82) is 0 Å². The molecule has 0 spiro atoms. The van der Waals surface area contributed by atoms with Gasteiger partial charge in [0.25, 0.3) is 5.91 Å². The molecule has 0 fully saturated rings. The highest BCUT2D eigenvalue weighted by Crippen LogP contribution is 2.21. The lowest BCUT2D eigenvalue weighted by atomic mass is 10.2. The second-order valence-electron chi connectivity index (χ2n) is 3.90. The number of amides is 1. The van der Waals surface area contributed by atoms with E-state index in [0.717, 1.165) is 9.13 Å². The molecule has 1 N–H and O–H groups in total. The molecule has 0 heterocycles. The van der Waals surface area contributed by atoms with Crippen LogP contribution in [0.15, 0.2) is 42.5 Å². The first-order valence-corrected chi connectivity index (χ1v) is 7.38. The Hall–Kier alpha value is -0.780. The monoisotopic (exact) mass is 405 g/mol. The van der Waals surface area contributed by atoms with Gasteiger partial charge in [-0.15, -0.1) is 0 Å². The van der Waals surface area contributed by atoms with Crippen LogP contribution >= 0.6 is 45.8 Å². The predicted octanol–water partition coefficient (Wildman–Crippen LogP) is 4.53. The lowest BCUT2D eigenvalue weighted by Crippen LogP contribution is -2.23. The Labute approximate surface area is 135 Å². The first-order valence-electron chi connectivity index (χ1n) is 5.54. The molecule has 0 radical (unpaired) electrons. The van der Waals surface area contributed by atoms with Gasteiger partial charge in [-0.25, -0.2) is 0 Å². The third-order valence-electron chi connectivity index (χ3n) is 2.57. The minimum atomic E-state index is -0.115. The topological polar surface area (TPSA) is 29.1 Å². The first-order chi connectivity index (χ1) is 9.08. The molecule has 0 aliphatic carbocycles. The number of nitrogens with one attached hydrogen (secondary N) is 1. The summed E-state index contributed by atoms with van der Waals surface area (Å²) in [5.74, 6) is -0.115. The molecule has 98 valence electrons. The summed E-state index contributed by atoms with van der Waals surface area (Å²) in [4.78, 5) is 12.0. The Morgan fingerprint density at radius 1 is 1.16 bits per heavy atom. The minimum absolute atomic E-state index is 0.115. The number of hydrogen-bond donors (Lipinski definition) is 1. The molecule has 19 heavy (non-hydrogen) atoms. The van der Waals surface area contributed by atoms with Crippen molar-refractivity contribution in [2.75, 3.05) is 0 Å². The van der Waals surface area contributed by atoms with Crippen molar-refractivity contribution >= 4 is 51.7 Å². The third-order valence-corrected chi connectivity index (χ3v) is 4.10. The number of carbonyl (C=O) groups is 1. The van der Waals surface area contributed by atoms with E-state index in [1.54, 1.807) is 24.3 Å². The molecular formula is C14H10Cl2INO. The zero-order valence-electron chi connectivity index (χ0n) is 9.79. The Balaban J connectivity index is 2.07.